The Balaban J connectivity index is 0.00000176. The van der Waals surface area contributed by atoms with E-state index in [0.717, 1.165) is 36.2 Å². The van der Waals surface area contributed by atoms with Gasteiger partial charge in [-0.3, -0.25) is 4.79 Å². The summed E-state index contributed by atoms with van der Waals surface area (Å²) in [5.74, 6) is -0.124. The Morgan fingerprint density at radius 1 is 1.36 bits per heavy atom. The third kappa shape index (κ3) is 3.00. The van der Waals surface area contributed by atoms with Crippen LogP contribution in [0.5, 0.6) is 0 Å². The van der Waals surface area contributed by atoms with Gasteiger partial charge in [0, 0.05) is 23.8 Å². The number of amides is 1. The van der Waals surface area contributed by atoms with Crippen LogP contribution >= 0.6 is 12.4 Å². The maximum absolute atomic E-state index is 12.4. The van der Waals surface area contributed by atoms with Crippen LogP contribution in [0.4, 0.5) is 0 Å². The molecule has 0 bridgehead atoms. The van der Waals surface area contributed by atoms with Gasteiger partial charge in [-0.2, -0.15) is 5.10 Å². The van der Waals surface area contributed by atoms with E-state index in [1.165, 1.54) is 0 Å². The van der Waals surface area contributed by atoms with Crippen LogP contribution < -0.4 is 11.1 Å². The largest absolute Gasteiger partial charge is 0.347 e. The Hall–Kier alpha value is -1.85. The summed E-state index contributed by atoms with van der Waals surface area (Å²) in [6.45, 7) is 2.32. The van der Waals surface area contributed by atoms with Gasteiger partial charge in [0.25, 0.3) is 5.91 Å². The van der Waals surface area contributed by atoms with E-state index in [-0.39, 0.29) is 24.4 Å². The smallest absolute Gasteiger partial charge is 0.272 e. The third-order valence-electron chi connectivity index (χ3n) is 3.88. The van der Waals surface area contributed by atoms with E-state index in [4.69, 9.17) is 5.73 Å². The van der Waals surface area contributed by atoms with E-state index in [0.29, 0.717) is 12.2 Å². The number of halogens is 1. The van der Waals surface area contributed by atoms with Gasteiger partial charge in [0.2, 0.25) is 0 Å². The topological polar surface area (TPSA) is 72.9 Å². The minimum atomic E-state index is -0.124. The Bertz CT molecular complexity index is 654. The lowest BCUT2D eigenvalue weighted by Crippen LogP contribution is -2.38. The van der Waals surface area contributed by atoms with Crippen molar-refractivity contribution in [1.29, 1.82) is 0 Å². The van der Waals surface area contributed by atoms with Crippen LogP contribution in [0.15, 0.2) is 30.3 Å². The van der Waals surface area contributed by atoms with Gasteiger partial charge < -0.3 is 11.1 Å². The van der Waals surface area contributed by atoms with Crippen LogP contribution in [0.1, 0.15) is 35.1 Å². The van der Waals surface area contributed by atoms with Crippen LogP contribution in [0, 0.1) is 0 Å². The average molecular weight is 321 g/mol. The van der Waals surface area contributed by atoms with E-state index in [9.17, 15) is 4.79 Å². The minimum absolute atomic E-state index is 0. The second kappa shape index (κ2) is 6.94. The molecule has 0 saturated heterocycles. The molecule has 1 atom stereocenters. The molecule has 0 spiro atoms. The summed E-state index contributed by atoms with van der Waals surface area (Å²) in [7, 11) is 0. The molecule has 0 saturated carbocycles. The number of rotatable bonds is 4. The molecular weight excluding hydrogens is 300 g/mol. The van der Waals surface area contributed by atoms with Crippen molar-refractivity contribution < 1.29 is 4.79 Å². The fourth-order valence-electron chi connectivity index (χ4n) is 2.75. The molecule has 1 aromatic carbocycles. The van der Waals surface area contributed by atoms with Crippen molar-refractivity contribution in [1.82, 2.24) is 15.1 Å². The van der Waals surface area contributed by atoms with Crippen LogP contribution in [-0.2, 0) is 12.8 Å². The molecule has 22 heavy (non-hydrogen) atoms. The molecule has 0 radical (unpaired) electrons. The lowest BCUT2D eigenvalue weighted by Gasteiger charge is -2.10. The molecule has 118 valence electrons. The second-order valence-corrected chi connectivity index (χ2v) is 5.48. The highest BCUT2D eigenvalue weighted by molar-refractivity contribution is 5.94. The first-order chi connectivity index (χ1) is 10.2. The van der Waals surface area contributed by atoms with Gasteiger partial charge >= 0.3 is 0 Å². The molecule has 1 aromatic heterocycles. The number of hydrogen-bond donors (Lipinski definition) is 2. The highest BCUT2D eigenvalue weighted by Crippen LogP contribution is 2.27. The van der Waals surface area contributed by atoms with E-state index in [2.05, 4.69) is 10.4 Å². The number of nitrogens with two attached hydrogens (primary N) is 1. The lowest BCUT2D eigenvalue weighted by atomic mass is 10.2. The standard InChI is InChI=1S/C16H20N4O.ClH/c1-11(10-17)18-16(21)15-13-8-5-9-14(13)20(19-15)12-6-3-2-4-7-12;/h2-4,6-7,11H,5,8-10,17H2,1H3,(H,18,21);1H/t11-;/m0./s1. The summed E-state index contributed by atoms with van der Waals surface area (Å²) in [4.78, 5) is 12.4. The first-order valence-corrected chi connectivity index (χ1v) is 7.38. The quantitative estimate of drug-likeness (QED) is 0.903. The van der Waals surface area contributed by atoms with Crippen molar-refractivity contribution in [2.45, 2.75) is 32.2 Å². The summed E-state index contributed by atoms with van der Waals surface area (Å²) < 4.78 is 1.91. The maximum atomic E-state index is 12.4. The first kappa shape index (κ1) is 16.5. The van der Waals surface area contributed by atoms with Gasteiger partial charge in [-0.15, -0.1) is 12.4 Å². The second-order valence-electron chi connectivity index (χ2n) is 5.48. The molecule has 1 heterocycles. The molecule has 0 fully saturated rings. The molecule has 0 aliphatic heterocycles. The Morgan fingerprint density at radius 2 is 2.09 bits per heavy atom. The van der Waals surface area contributed by atoms with Gasteiger partial charge in [-0.25, -0.2) is 4.68 Å². The van der Waals surface area contributed by atoms with Crippen molar-refractivity contribution in [2.24, 2.45) is 5.73 Å². The summed E-state index contributed by atoms with van der Waals surface area (Å²) in [6.07, 6.45) is 2.96. The number of benzene rings is 1. The van der Waals surface area contributed by atoms with E-state index < -0.39 is 0 Å². The number of aromatic nitrogens is 2. The summed E-state index contributed by atoms with van der Waals surface area (Å²) in [5.41, 5.74) is 9.36. The molecule has 6 heteroatoms. The van der Waals surface area contributed by atoms with Gasteiger partial charge in [-0.05, 0) is 38.3 Å². The van der Waals surface area contributed by atoms with Gasteiger partial charge in [0.05, 0.1) is 5.69 Å². The first-order valence-electron chi connectivity index (χ1n) is 7.38. The van der Waals surface area contributed by atoms with Crippen molar-refractivity contribution in [3.8, 4) is 5.69 Å². The van der Waals surface area contributed by atoms with Gasteiger partial charge in [0.1, 0.15) is 0 Å². The van der Waals surface area contributed by atoms with Crippen LogP contribution in [-0.4, -0.2) is 28.3 Å². The maximum Gasteiger partial charge on any atom is 0.272 e. The van der Waals surface area contributed by atoms with Gasteiger partial charge in [0.15, 0.2) is 5.69 Å². The van der Waals surface area contributed by atoms with Crippen LogP contribution in [0.25, 0.3) is 5.69 Å². The van der Waals surface area contributed by atoms with Crippen molar-refractivity contribution in [2.75, 3.05) is 6.54 Å². The minimum Gasteiger partial charge on any atom is -0.347 e. The van der Waals surface area contributed by atoms with Crippen molar-refractivity contribution >= 4 is 18.3 Å². The van der Waals surface area contributed by atoms with Crippen LogP contribution in [0.3, 0.4) is 0 Å². The molecule has 1 amide bonds. The number of carbonyl (C=O) groups excluding carboxylic acids is 1. The zero-order chi connectivity index (χ0) is 14.8. The molecule has 1 aliphatic rings. The molecular formula is C16H21ClN4O. The number of hydrogen-bond acceptors (Lipinski definition) is 3. The number of nitrogens with one attached hydrogen (secondary N) is 1. The average Bonchev–Trinajstić information content (AvgIpc) is 3.09. The van der Waals surface area contributed by atoms with Gasteiger partial charge in [-0.1, -0.05) is 18.2 Å². The van der Waals surface area contributed by atoms with Crippen molar-refractivity contribution in [3.63, 3.8) is 0 Å². The lowest BCUT2D eigenvalue weighted by molar-refractivity contribution is 0.0935. The van der Waals surface area contributed by atoms with Crippen molar-refractivity contribution in [3.05, 3.63) is 47.3 Å². The van der Waals surface area contributed by atoms with E-state index >= 15 is 0 Å². The zero-order valence-corrected chi connectivity index (χ0v) is 13.4. The summed E-state index contributed by atoms with van der Waals surface area (Å²) in [6, 6.07) is 9.91. The molecule has 0 unspecified atom stereocenters. The molecule has 3 N–H and O–H groups in total. The SMILES string of the molecule is C[C@@H](CN)NC(=O)c1nn(-c2ccccc2)c2c1CCC2.Cl. The molecule has 1 aliphatic carbocycles. The molecule has 5 nitrogen and oxygen atoms in total. The summed E-state index contributed by atoms with van der Waals surface area (Å²) in [5, 5.41) is 7.45. The Morgan fingerprint density at radius 3 is 2.77 bits per heavy atom. The number of para-hydroxylation sites is 1. The Kier molecular flexibility index (Phi) is 5.21. The molecule has 2 aromatic rings. The van der Waals surface area contributed by atoms with E-state index in [1.807, 2.05) is 41.9 Å². The normalized spacial score (nSPS) is 14.1. The number of fused-ring (bicyclic) bond motifs is 1. The number of nitrogens with zero attached hydrogens (tertiary/aromatic N) is 2. The molecule has 3 rings (SSSR count). The fourth-order valence-corrected chi connectivity index (χ4v) is 2.75. The highest BCUT2D eigenvalue weighted by atomic mass is 35.5. The number of carbonyl (C=O) groups is 1. The predicted octanol–water partition coefficient (Wildman–Crippen LogP) is 1.86. The monoisotopic (exact) mass is 320 g/mol. The zero-order valence-electron chi connectivity index (χ0n) is 12.6. The fraction of sp³-hybridized carbons (Fsp3) is 0.375. The van der Waals surface area contributed by atoms with E-state index in [1.54, 1.807) is 0 Å². The predicted molar refractivity (Wildman–Crippen MR) is 88.8 cm³/mol. The van der Waals surface area contributed by atoms with Crippen LogP contribution in [0.2, 0.25) is 0 Å². The summed E-state index contributed by atoms with van der Waals surface area (Å²) >= 11 is 0. The Labute approximate surface area is 136 Å². The highest BCUT2D eigenvalue weighted by Gasteiger charge is 2.27. The third-order valence-corrected chi connectivity index (χ3v) is 3.88.